The molecule has 0 radical (unpaired) electrons. The Balaban J connectivity index is 1.80. The van der Waals surface area contributed by atoms with Crippen LogP contribution in [0, 0.1) is 0 Å². The Bertz CT molecular complexity index is 739. The van der Waals surface area contributed by atoms with E-state index in [0.717, 1.165) is 43.2 Å². The van der Waals surface area contributed by atoms with Crippen LogP contribution in [0.4, 0.5) is 0 Å². The molecule has 2 aliphatic rings. The summed E-state index contributed by atoms with van der Waals surface area (Å²) >= 11 is 0. The quantitative estimate of drug-likeness (QED) is 0.686. The molecule has 0 N–H and O–H groups in total. The topological polar surface area (TPSA) is 88.7 Å². The summed E-state index contributed by atoms with van der Waals surface area (Å²) in [6.45, 7) is 7.09. The lowest BCUT2D eigenvalue weighted by atomic mass is 9.95. The molecular formula is C17H27N7O2. The van der Waals surface area contributed by atoms with E-state index >= 15 is 0 Å². The largest absolute Gasteiger partial charge is 0.351 e. The third-order valence-corrected chi connectivity index (χ3v) is 5.23. The third kappa shape index (κ3) is 3.11. The summed E-state index contributed by atoms with van der Waals surface area (Å²) in [7, 11) is 3.13. The lowest BCUT2D eigenvalue weighted by Crippen LogP contribution is -2.42. The highest BCUT2D eigenvalue weighted by Gasteiger charge is 2.43. The molecule has 0 aliphatic carbocycles. The molecule has 1 amide bonds. The Labute approximate surface area is 153 Å². The molecule has 9 nitrogen and oxygen atoms in total. The van der Waals surface area contributed by atoms with Crippen molar-refractivity contribution in [3.05, 3.63) is 11.4 Å². The number of rotatable bonds is 7. The molecule has 26 heavy (non-hydrogen) atoms. The third-order valence-electron chi connectivity index (χ3n) is 5.23. The number of amidine groups is 1. The van der Waals surface area contributed by atoms with Crippen molar-refractivity contribution in [2.75, 3.05) is 20.7 Å². The smallest absolute Gasteiger partial charge is 0.245 e. The van der Waals surface area contributed by atoms with Gasteiger partial charge >= 0.3 is 0 Å². The molecule has 0 spiro atoms. The second-order valence-corrected chi connectivity index (χ2v) is 6.77. The standard InChI is InChI=1S/C17H27N7O2/c1-6-8-13-18-15-16(11(2)12(3)24-17(15)19-20-21-24)23(13)10-7-9-14(25)22(4)26-5/h15-16H,6-10H2,1-5H3. The van der Waals surface area contributed by atoms with Crippen molar-refractivity contribution in [2.24, 2.45) is 4.99 Å². The molecule has 3 heterocycles. The van der Waals surface area contributed by atoms with Gasteiger partial charge < -0.3 is 4.90 Å². The molecular weight excluding hydrogens is 334 g/mol. The molecule has 0 fully saturated rings. The van der Waals surface area contributed by atoms with E-state index in [1.165, 1.54) is 17.7 Å². The Morgan fingerprint density at radius 2 is 2.12 bits per heavy atom. The van der Waals surface area contributed by atoms with Crippen LogP contribution in [0.3, 0.4) is 0 Å². The van der Waals surface area contributed by atoms with Crippen LogP contribution in [0.5, 0.6) is 0 Å². The Morgan fingerprint density at radius 3 is 2.81 bits per heavy atom. The number of aromatic nitrogens is 4. The number of amides is 1. The van der Waals surface area contributed by atoms with Gasteiger partial charge in [-0.3, -0.25) is 14.6 Å². The number of nitrogens with zero attached hydrogens (tertiary/aromatic N) is 7. The monoisotopic (exact) mass is 361 g/mol. The van der Waals surface area contributed by atoms with Gasteiger partial charge in [0.25, 0.3) is 0 Å². The minimum absolute atomic E-state index is 0.0201. The van der Waals surface area contributed by atoms with Crippen LogP contribution in [0.1, 0.15) is 58.3 Å². The molecule has 1 aromatic rings. The first-order valence-electron chi connectivity index (χ1n) is 9.09. The van der Waals surface area contributed by atoms with E-state index in [-0.39, 0.29) is 18.0 Å². The highest BCUT2D eigenvalue weighted by molar-refractivity contribution is 5.86. The summed E-state index contributed by atoms with van der Waals surface area (Å²) in [4.78, 5) is 24.2. The van der Waals surface area contributed by atoms with Crippen LogP contribution in [0.15, 0.2) is 10.6 Å². The molecule has 142 valence electrons. The van der Waals surface area contributed by atoms with E-state index < -0.39 is 0 Å². The number of fused-ring (bicyclic) bond motifs is 3. The number of aliphatic imine (C=N–C) groups is 1. The average molecular weight is 361 g/mol. The molecule has 0 bridgehead atoms. The summed E-state index contributed by atoms with van der Waals surface area (Å²) in [5, 5.41) is 13.4. The van der Waals surface area contributed by atoms with Crippen LogP contribution < -0.4 is 0 Å². The van der Waals surface area contributed by atoms with Gasteiger partial charge in [0.1, 0.15) is 11.9 Å². The molecule has 1 aromatic heterocycles. The number of carbonyl (C=O) groups excluding carboxylic acids is 1. The fourth-order valence-electron chi connectivity index (χ4n) is 3.66. The van der Waals surface area contributed by atoms with Crippen LogP contribution in [-0.4, -0.2) is 68.7 Å². The van der Waals surface area contributed by atoms with Crippen LogP contribution in [0.25, 0.3) is 5.70 Å². The first kappa shape index (κ1) is 18.5. The fraction of sp³-hybridized carbons (Fsp3) is 0.706. The van der Waals surface area contributed by atoms with E-state index in [1.54, 1.807) is 11.7 Å². The molecule has 9 heteroatoms. The van der Waals surface area contributed by atoms with Crippen LogP contribution in [-0.2, 0) is 9.63 Å². The van der Waals surface area contributed by atoms with Crippen molar-refractivity contribution in [2.45, 2.75) is 58.5 Å². The molecule has 2 unspecified atom stereocenters. The van der Waals surface area contributed by atoms with Crippen molar-refractivity contribution >= 4 is 17.4 Å². The zero-order chi connectivity index (χ0) is 18.8. The van der Waals surface area contributed by atoms with Gasteiger partial charge in [0, 0.05) is 32.1 Å². The molecule has 2 aliphatic heterocycles. The minimum atomic E-state index is -0.0763. The Hall–Kier alpha value is -2.29. The first-order chi connectivity index (χ1) is 12.5. The van der Waals surface area contributed by atoms with Gasteiger partial charge in [-0.15, -0.1) is 5.10 Å². The maximum absolute atomic E-state index is 12.0. The summed E-state index contributed by atoms with van der Waals surface area (Å²) in [6.07, 6.45) is 3.12. The van der Waals surface area contributed by atoms with E-state index in [9.17, 15) is 4.79 Å². The predicted molar refractivity (Wildman–Crippen MR) is 97.0 cm³/mol. The number of hydroxylamine groups is 2. The Morgan fingerprint density at radius 1 is 1.35 bits per heavy atom. The number of allylic oxidation sites excluding steroid dienone is 1. The van der Waals surface area contributed by atoms with Gasteiger partial charge in [0.15, 0.2) is 5.82 Å². The second kappa shape index (κ2) is 7.53. The lowest BCUT2D eigenvalue weighted by Gasteiger charge is -2.34. The molecule has 3 rings (SSSR count). The average Bonchev–Trinajstić information content (AvgIpc) is 3.24. The molecule has 0 saturated heterocycles. The number of hydrogen-bond acceptors (Lipinski definition) is 7. The zero-order valence-electron chi connectivity index (χ0n) is 16.1. The fourth-order valence-corrected chi connectivity index (χ4v) is 3.66. The summed E-state index contributed by atoms with van der Waals surface area (Å²) in [6, 6.07) is 0.0536. The van der Waals surface area contributed by atoms with Gasteiger partial charge in [-0.2, -0.15) is 4.68 Å². The van der Waals surface area contributed by atoms with Crippen molar-refractivity contribution in [3.8, 4) is 0 Å². The summed E-state index contributed by atoms with van der Waals surface area (Å²) < 4.78 is 1.80. The maximum atomic E-state index is 12.0. The summed E-state index contributed by atoms with van der Waals surface area (Å²) in [5.41, 5.74) is 2.28. The van der Waals surface area contributed by atoms with E-state index in [1.807, 2.05) is 6.92 Å². The number of tetrazole rings is 1. The van der Waals surface area contributed by atoms with Crippen molar-refractivity contribution in [1.82, 2.24) is 30.2 Å². The van der Waals surface area contributed by atoms with Crippen molar-refractivity contribution < 1.29 is 9.63 Å². The van der Waals surface area contributed by atoms with Gasteiger partial charge in [0.05, 0.1) is 13.2 Å². The van der Waals surface area contributed by atoms with E-state index in [0.29, 0.717) is 6.42 Å². The van der Waals surface area contributed by atoms with E-state index in [2.05, 4.69) is 34.3 Å². The number of hydrogen-bond donors (Lipinski definition) is 0. The zero-order valence-corrected chi connectivity index (χ0v) is 16.1. The minimum Gasteiger partial charge on any atom is -0.351 e. The molecule has 0 aromatic carbocycles. The van der Waals surface area contributed by atoms with Gasteiger partial charge in [-0.05, 0) is 42.7 Å². The lowest BCUT2D eigenvalue weighted by molar-refractivity contribution is -0.168. The summed E-state index contributed by atoms with van der Waals surface area (Å²) in [5.74, 6) is 1.86. The number of carbonyl (C=O) groups is 1. The highest BCUT2D eigenvalue weighted by atomic mass is 16.7. The van der Waals surface area contributed by atoms with Crippen LogP contribution in [0.2, 0.25) is 0 Å². The van der Waals surface area contributed by atoms with Crippen molar-refractivity contribution in [3.63, 3.8) is 0 Å². The van der Waals surface area contributed by atoms with Crippen molar-refractivity contribution in [1.29, 1.82) is 0 Å². The van der Waals surface area contributed by atoms with Gasteiger partial charge in [-0.1, -0.05) is 6.92 Å². The SMILES string of the molecule is CCCC1=NC2c3nnnn3C(C)=C(C)C2N1CCCC(=O)N(C)OC. The van der Waals surface area contributed by atoms with E-state index in [4.69, 9.17) is 9.83 Å². The Kier molecular flexibility index (Phi) is 5.36. The van der Waals surface area contributed by atoms with Gasteiger partial charge in [-0.25, -0.2) is 5.06 Å². The second-order valence-electron chi connectivity index (χ2n) is 6.77. The van der Waals surface area contributed by atoms with Crippen LogP contribution >= 0.6 is 0 Å². The molecule has 2 atom stereocenters. The van der Waals surface area contributed by atoms with Gasteiger partial charge in [0.2, 0.25) is 5.91 Å². The highest BCUT2D eigenvalue weighted by Crippen LogP contribution is 2.40. The normalized spacial score (nSPS) is 21.6. The first-order valence-corrected chi connectivity index (χ1v) is 9.09. The predicted octanol–water partition coefficient (Wildman–Crippen LogP) is 1.66. The maximum Gasteiger partial charge on any atom is 0.245 e. The molecule has 0 saturated carbocycles.